The number of allylic oxidation sites excluding steroid dienone is 2. The maximum absolute atomic E-state index is 13.6. The molecule has 3 aliphatic heterocycles. The van der Waals surface area contributed by atoms with E-state index < -0.39 is 72.1 Å². The fraction of sp³-hybridized carbons (Fsp3) is 0.761. The Morgan fingerprint density at radius 3 is 2.23 bits per heavy atom. The summed E-state index contributed by atoms with van der Waals surface area (Å²) in [5, 5.41) is 23.0. The number of ketones is 1. The van der Waals surface area contributed by atoms with Crippen molar-refractivity contribution in [1.29, 1.82) is 0 Å². The number of amides is 1. The monoisotopic (exact) mass is 850 g/mol. The van der Waals surface area contributed by atoms with E-state index in [1.165, 1.54) is 11.0 Å². The standard InChI is InChI=1S/C46H75NO13/c1-28-16-19-42(51)60-45(33(6)43(52)29(2)17-18-36(49)31(4)44(57-12)30(3)20-21-47(7)27-48)32(5)38(53-8)25-41(56-11)46(26-58-46)40(55-10)24-35-15-13-14-34(59-35)23-39(54-9)37(50)22-28/h13-14,16,19-22,27,29-35,37-41,43-45,50,52H,15,17-18,23-26H2,1-12H3/b19-16+,21-20+,28-22+/t29-,30+,31-,32-,33-,34-,35-,37-,38+,39+,40?,41?,43-,44+,45-,46-/m0/s1. The average Bonchev–Trinajstić information content (AvgIpc) is 4.05. The third kappa shape index (κ3) is 14.1. The van der Waals surface area contributed by atoms with E-state index >= 15 is 0 Å². The molecule has 0 aromatic carbocycles. The normalized spacial score (nSPS) is 35.3. The summed E-state index contributed by atoms with van der Waals surface area (Å²) in [7, 11) is 9.65. The second kappa shape index (κ2) is 24.7. The Bertz CT molecular complexity index is 1460. The van der Waals surface area contributed by atoms with Crippen molar-refractivity contribution in [2.24, 2.45) is 29.6 Å². The molecule has 0 aromatic heterocycles. The molecule has 1 amide bonds. The number of fused-ring (bicyclic) bond motifs is 2. The number of nitrogens with zero attached hydrogens (tertiary/aromatic N) is 1. The second-order valence-electron chi connectivity index (χ2n) is 17.2. The van der Waals surface area contributed by atoms with E-state index in [4.69, 9.17) is 37.9 Å². The lowest BCUT2D eigenvalue weighted by atomic mass is 9.78. The first-order valence-corrected chi connectivity index (χ1v) is 21.4. The van der Waals surface area contributed by atoms with Crippen LogP contribution in [0.2, 0.25) is 0 Å². The minimum absolute atomic E-state index is 0.00245. The zero-order valence-corrected chi connectivity index (χ0v) is 38.1. The average molecular weight is 850 g/mol. The smallest absolute Gasteiger partial charge is 0.331 e. The minimum Gasteiger partial charge on any atom is -0.458 e. The molecule has 2 N–H and O–H groups in total. The van der Waals surface area contributed by atoms with Gasteiger partial charge in [-0.05, 0) is 25.7 Å². The number of aliphatic hydroxyl groups excluding tert-OH is 2. The number of aliphatic hydroxyl groups is 2. The Balaban J connectivity index is 1.90. The van der Waals surface area contributed by atoms with E-state index in [1.807, 2.05) is 46.8 Å². The van der Waals surface area contributed by atoms with E-state index in [0.717, 1.165) is 0 Å². The molecule has 0 aliphatic carbocycles. The van der Waals surface area contributed by atoms with Crippen LogP contribution < -0.4 is 0 Å². The highest BCUT2D eigenvalue weighted by atomic mass is 16.6. The predicted molar refractivity (Wildman–Crippen MR) is 227 cm³/mol. The van der Waals surface area contributed by atoms with Crippen LogP contribution in [-0.2, 0) is 52.3 Å². The van der Waals surface area contributed by atoms with Gasteiger partial charge >= 0.3 is 5.97 Å². The summed E-state index contributed by atoms with van der Waals surface area (Å²) in [6, 6.07) is 0. The summed E-state index contributed by atoms with van der Waals surface area (Å²) < 4.78 is 48.7. The summed E-state index contributed by atoms with van der Waals surface area (Å²) in [6.07, 6.45) is 9.91. The van der Waals surface area contributed by atoms with Crippen LogP contribution in [0.3, 0.4) is 0 Å². The summed E-state index contributed by atoms with van der Waals surface area (Å²) >= 11 is 0. The van der Waals surface area contributed by atoms with Gasteiger partial charge in [0.25, 0.3) is 0 Å². The quantitative estimate of drug-likeness (QED) is 0.0869. The molecule has 1 spiro atoms. The molecule has 1 fully saturated rings. The molecular weight excluding hydrogens is 774 g/mol. The molecule has 1 saturated heterocycles. The van der Waals surface area contributed by atoms with Crippen molar-refractivity contribution >= 4 is 18.2 Å². The Morgan fingerprint density at radius 1 is 1.00 bits per heavy atom. The van der Waals surface area contributed by atoms with Crippen LogP contribution >= 0.6 is 0 Å². The van der Waals surface area contributed by atoms with Crippen LogP contribution in [-0.4, -0.2) is 149 Å². The Labute approximate surface area is 358 Å². The summed E-state index contributed by atoms with van der Waals surface area (Å²) in [5.74, 6) is -2.55. The van der Waals surface area contributed by atoms with E-state index in [0.29, 0.717) is 50.7 Å². The van der Waals surface area contributed by atoms with Gasteiger partial charge in [0.1, 0.15) is 17.5 Å². The molecule has 14 heteroatoms. The first-order valence-electron chi connectivity index (χ1n) is 21.4. The van der Waals surface area contributed by atoms with E-state index in [9.17, 15) is 24.6 Å². The van der Waals surface area contributed by atoms with E-state index in [1.54, 1.807) is 67.9 Å². The van der Waals surface area contributed by atoms with Crippen molar-refractivity contribution in [1.82, 2.24) is 4.90 Å². The van der Waals surface area contributed by atoms with Crippen molar-refractivity contribution in [3.8, 4) is 0 Å². The van der Waals surface area contributed by atoms with Gasteiger partial charge in [0, 0.05) is 104 Å². The van der Waals surface area contributed by atoms with Crippen LogP contribution in [0.15, 0.2) is 48.2 Å². The van der Waals surface area contributed by atoms with E-state index in [2.05, 4.69) is 6.08 Å². The van der Waals surface area contributed by atoms with Gasteiger partial charge in [0.05, 0.1) is 61.5 Å². The number of esters is 1. The maximum atomic E-state index is 13.6. The molecule has 3 aliphatic rings. The molecule has 3 rings (SSSR count). The van der Waals surface area contributed by atoms with Gasteiger partial charge in [0.15, 0.2) is 0 Å². The molecular formula is C46H75NO13. The topological polar surface area (TPSA) is 172 Å². The number of cyclic esters (lactones) is 1. The van der Waals surface area contributed by atoms with Crippen LogP contribution in [0.25, 0.3) is 0 Å². The van der Waals surface area contributed by atoms with Crippen molar-refractivity contribution in [2.45, 2.75) is 147 Å². The summed E-state index contributed by atoms with van der Waals surface area (Å²) in [6.45, 7) is 11.6. The van der Waals surface area contributed by atoms with Crippen LogP contribution in [0.5, 0.6) is 0 Å². The van der Waals surface area contributed by atoms with Gasteiger partial charge in [-0.3, -0.25) is 9.59 Å². The number of hydrogen-bond donors (Lipinski definition) is 2. The van der Waals surface area contributed by atoms with Crippen LogP contribution in [0.4, 0.5) is 0 Å². The Morgan fingerprint density at radius 2 is 1.65 bits per heavy atom. The van der Waals surface area contributed by atoms with Crippen molar-refractivity contribution in [3.63, 3.8) is 0 Å². The lowest BCUT2D eigenvalue weighted by molar-refractivity contribution is -0.159. The second-order valence-corrected chi connectivity index (χ2v) is 17.2. The van der Waals surface area contributed by atoms with Crippen LogP contribution in [0, 0.1) is 29.6 Å². The zero-order chi connectivity index (χ0) is 44.7. The molecule has 14 nitrogen and oxygen atoms in total. The number of epoxide rings is 1. The largest absolute Gasteiger partial charge is 0.458 e. The first-order chi connectivity index (χ1) is 28.5. The van der Waals surface area contributed by atoms with Crippen LogP contribution in [0.1, 0.15) is 80.1 Å². The lowest BCUT2D eigenvalue weighted by Gasteiger charge is -2.39. The number of hydrogen-bond acceptors (Lipinski definition) is 13. The molecule has 0 aromatic rings. The molecule has 0 radical (unpaired) electrons. The highest BCUT2D eigenvalue weighted by Gasteiger charge is 2.59. The number of carbonyl (C=O) groups excluding carboxylic acids is 3. The Kier molecular flexibility index (Phi) is 21.3. The Hall–Kier alpha value is -2.79. The zero-order valence-electron chi connectivity index (χ0n) is 38.1. The van der Waals surface area contributed by atoms with Crippen molar-refractivity contribution in [3.05, 3.63) is 48.2 Å². The third-order valence-corrected chi connectivity index (χ3v) is 13.0. The summed E-state index contributed by atoms with van der Waals surface area (Å²) in [4.78, 5) is 39.5. The maximum Gasteiger partial charge on any atom is 0.331 e. The van der Waals surface area contributed by atoms with E-state index in [-0.39, 0.29) is 42.4 Å². The molecule has 342 valence electrons. The van der Waals surface area contributed by atoms with Gasteiger partial charge in [-0.1, -0.05) is 70.6 Å². The lowest BCUT2D eigenvalue weighted by Crippen LogP contribution is -2.50. The molecule has 16 atom stereocenters. The summed E-state index contributed by atoms with van der Waals surface area (Å²) in [5.41, 5.74) is -0.141. The minimum atomic E-state index is -0.978. The molecule has 3 heterocycles. The molecule has 2 unspecified atom stereocenters. The predicted octanol–water partition coefficient (Wildman–Crippen LogP) is 5.00. The molecule has 0 saturated carbocycles. The van der Waals surface area contributed by atoms with Crippen molar-refractivity contribution in [2.75, 3.05) is 49.2 Å². The number of Topliss-reactive ketones (excluding diaryl/α,β-unsaturated/α-hetero) is 1. The molecule has 2 bridgehead atoms. The van der Waals surface area contributed by atoms with Gasteiger partial charge in [0.2, 0.25) is 6.41 Å². The van der Waals surface area contributed by atoms with Gasteiger partial charge in [-0.25, -0.2) is 4.79 Å². The fourth-order valence-electron chi connectivity index (χ4n) is 8.91. The third-order valence-electron chi connectivity index (χ3n) is 13.0. The number of methoxy groups -OCH3 is 5. The fourth-order valence-corrected chi connectivity index (χ4v) is 8.91. The van der Waals surface area contributed by atoms with Gasteiger partial charge in [-0.2, -0.15) is 0 Å². The number of ether oxygens (including phenoxy) is 8. The molecule has 60 heavy (non-hydrogen) atoms. The number of rotatable bonds is 17. The SMILES string of the molecule is COC1C[C@@H]2CC=C[C@@H](C[C@@H](OC)[C@@H](O)/C=C(C)/C=C/C(=O)O[C@H]([C@@H](C)[C@@H](O)[C@@H](C)CCC(=O)[C@H](C)[C@H](OC)[C@H](C)/C=C/N(C)C=O)[C@@H](C)[C@H](OC)CC(OC)[C@]13CO3)O2. The number of carbonyl (C=O) groups is 3. The highest BCUT2D eigenvalue weighted by Crippen LogP contribution is 2.43. The van der Waals surface area contributed by atoms with Gasteiger partial charge in [-0.15, -0.1) is 0 Å². The highest BCUT2D eigenvalue weighted by molar-refractivity contribution is 5.82. The van der Waals surface area contributed by atoms with Crippen molar-refractivity contribution < 1.29 is 62.5 Å². The van der Waals surface area contributed by atoms with Gasteiger partial charge < -0.3 is 53.0 Å². The first kappa shape index (κ1) is 51.6.